The molecular weight excluding hydrogens is 338 g/mol. The van der Waals surface area contributed by atoms with E-state index in [2.05, 4.69) is 14.9 Å². The van der Waals surface area contributed by atoms with Gasteiger partial charge in [-0.15, -0.1) is 5.10 Å². The van der Waals surface area contributed by atoms with Crippen LogP contribution in [0, 0.1) is 27.7 Å². The Bertz CT molecular complexity index is 847. The predicted molar refractivity (Wildman–Crippen MR) is 96.2 cm³/mol. The molecule has 0 saturated carbocycles. The summed E-state index contributed by atoms with van der Waals surface area (Å²) in [4.78, 5) is 13.7. The Kier molecular flexibility index (Phi) is 4.45. The Morgan fingerprint density at radius 2 is 2.00 bits per heavy atom. The van der Waals surface area contributed by atoms with Gasteiger partial charge in [0.05, 0.1) is 17.1 Å². The minimum absolute atomic E-state index is 0.145. The van der Waals surface area contributed by atoms with Crippen molar-refractivity contribution in [2.45, 2.75) is 59.6 Å². The molecule has 1 aliphatic heterocycles. The van der Waals surface area contributed by atoms with Crippen molar-refractivity contribution in [2.75, 3.05) is 0 Å². The highest BCUT2D eigenvalue weighted by atomic mass is 32.1. The van der Waals surface area contributed by atoms with Gasteiger partial charge in [-0.05, 0) is 69.3 Å². The lowest BCUT2D eigenvalue weighted by atomic mass is 9.86. The van der Waals surface area contributed by atoms with E-state index in [9.17, 15) is 9.90 Å². The number of ether oxygens (including phenoxy) is 1. The average Bonchev–Trinajstić information content (AvgIpc) is 3.00. The van der Waals surface area contributed by atoms with Crippen molar-refractivity contribution in [1.29, 1.82) is 0 Å². The number of phenolic OH excluding ortho intramolecular Hbond substituents is 1. The van der Waals surface area contributed by atoms with Gasteiger partial charge in [0, 0.05) is 12.0 Å². The van der Waals surface area contributed by atoms with Crippen molar-refractivity contribution in [3.05, 3.63) is 32.8 Å². The van der Waals surface area contributed by atoms with Gasteiger partial charge in [-0.2, -0.15) is 0 Å². The number of hydrogen-bond acceptors (Lipinski definition) is 6. The number of fused-ring (bicyclic) bond motifs is 1. The topological polar surface area (TPSA) is 84.3 Å². The molecule has 1 aromatic heterocycles. The van der Waals surface area contributed by atoms with Gasteiger partial charge in [0.25, 0.3) is 5.91 Å². The van der Waals surface area contributed by atoms with Crippen LogP contribution in [0.4, 0.5) is 0 Å². The molecule has 0 unspecified atom stereocenters. The third-order valence-electron chi connectivity index (χ3n) is 5.15. The summed E-state index contributed by atoms with van der Waals surface area (Å²) in [6.45, 7) is 9.78. The fraction of sp³-hybridized carbons (Fsp3) is 0.500. The van der Waals surface area contributed by atoms with E-state index in [1.165, 1.54) is 11.5 Å². The van der Waals surface area contributed by atoms with Crippen LogP contribution in [-0.2, 0) is 17.8 Å². The summed E-state index contributed by atoms with van der Waals surface area (Å²) in [6, 6.07) is 0. The van der Waals surface area contributed by atoms with E-state index < -0.39 is 5.60 Å². The molecule has 0 saturated heterocycles. The Morgan fingerprint density at radius 3 is 2.64 bits per heavy atom. The van der Waals surface area contributed by atoms with E-state index >= 15 is 0 Å². The van der Waals surface area contributed by atoms with Crippen LogP contribution in [0.3, 0.4) is 0 Å². The van der Waals surface area contributed by atoms with Gasteiger partial charge >= 0.3 is 0 Å². The van der Waals surface area contributed by atoms with Crippen molar-refractivity contribution in [2.24, 2.45) is 0 Å². The number of aromatic nitrogens is 2. The molecule has 0 spiro atoms. The quantitative estimate of drug-likeness (QED) is 0.878. The van der Waals surface area contributed by atoms with Crippen molar-refractivity contribution >= 4 is 17.4 Å². The molecule has 0 fully saturated rings. The number of carbonyl (C=O) groups excluding carboxylic acids is 1. The second-order valence-electron chi connectivity index (χ2n) is 6.83. The monoisotopic (exact) mass is 361 g/mol. The third kappa shape index (κ3) is 2.97. The molecule has 6 nitrogen and oxygen atoms in total. The van der Waals surface area contributed by atoms with Crippen LogP contribution in [0.2, 0.25) is 0 Å². The Labute approximate surface area is 151 Å². The summed E-state index contributed by atoms with van der Waals surface area (Å²) in [6.07, 6.45) is 1.26. The van der Waals surface area contributed by atoms with Gasteiger partial charge in [0.15, 0.2) is 5.60 Å². The van der Waals surface area contributed by atoms with E-state index in [1.54, 1.807) is 0 Å². The van der Waals surface area contributed by atoms with Crippen molar-refractivity contribution < 1.29 is 14.6 Å². The first kappa shape index (κ1) is 17.7. The van der Waals surface area contributed by atoms with Crippen molar-refractivity contribution in [3.63, 3.8) is 0 Å². The number of benzene rings is 1. The van der Waals surface area contributed by atoms with Crippen molar-refractivity contribution in [3.8, 4) is 11.5 Å². The Balaban J connectivity index is 1.83. The molecule has 2 aromatic rings. The molecular formula is C18H23N3O3S. The zero-order chi connectivity index (χ0) is 18.4. The molecule has 3 rings (SSSR count). The predicted octanol–water partition coefficient (Wildman–Crippen LogP) is 2.88. The largest absolute Gasteiger partial charge is 0.507 e. The molecule has 25 heavy (non-hydrogen) atoms. The number of aryl methyl sites for hydroxylation is 1. The summed E-state index contributed by atoms with van der Waals surface area (Å²) < 4.78 is 10.1. The standard InChI is InChI=1S/C18H23N3O3S/c1-9-10(2)16-13(11(3)15(9)22)6-7-18(5,24-16)17(23)19-8-14-12(4)20-21-25-14/h22H,6-8H2,1-5H3,(H,19,23)/t18-/m0/s1. The fourth-order valence-electron chi connectivity index (χ4n) is 3.17. The normalized spacial score (nSPS) is 19.2. The molecule has 1 amide bonds. The maximum atomic E-state index is 12.8. The average molecular weight is 361 g/mol. The number of hydrogen-bond donors (Lipinski definition) is 2. The van der Waals surface area contributed by atoms with E-state index in [1.807, 2.05) is 34.6 Å². The first-order chi connectivity index (χ1) is 11.7. The van der Waals surface area contributed by atoms with Gasteiger partial charge < -0.3 is 15.2 Å². The lowest BCUT2D eigenvalue weighted by molar-refractivity contribution is -0.137. The Hall–Kier alpha value is -2.15. The van der Waals surface area contributed by atoms with Gasteiger partial charge in [-0.1, -0.05) is 4.49 Å². The maximum Gasteiger partial charge on any atom is 0.264 e. The second kappa shape index (κ2) is 6.29. The van der Waals surface area contributed by atoms with Crippen LogP contribution in [0.1, 0.15) is 46.2 Å². The zero-order valence-electron chi connectivity index (χ0n) is 15.2. The van der Waals surface area contributed by atoms with Crippen LogP contribution in [0.25, 0.3) is 0 Å². The van der Waals surface area contributed by atoms with Gasteiger partial charge in [-0.3, -0.25) is 4.79 Å². The molecule has 1 aliphatic rings. The molecule has 134 valence electrons. The molecule has 2 N–H and O–H groups in total. The van der Waals surface area contributed by atoms with Gasteiger partial charge in [0.1, 0.15) is 11.5 Å². The lowest BCUT2D eigenvalue weighted by Crippen LogP contribution is -2.50. The molecule has 1 aromatic carbocycles. The smallest absolute Gasteiger partial charge is 0.264 e. The number of phenols is 1. The summed E-state index contributed by atoms with van der Waals surface area (Å²) in [5.41, 5.74) is 3.43. The van der Waals surface area contributed by atoms with E-state index in [-0.39, 0.29) is 5.91 Å². The lowest BCUT2D eigenvalue weighted by Gasteiger charge is -2.36. The molecule has 1 atom stereocenters. The van der Waals surface area contributed by atoms with Crippen LogP contribution < -0.4 is 10.1 Å². The number of aromatic hydroxyl groups is 1. The summed E-state index contributed by atoms with van der Waals surface area (Å²) in [5, 5.41) is 17.2. The van der Waals surface area contributed by atoms with E-state index in [0.29, 0.717) is 25.1 Å². The van der Waals surface area contributed by atoms with Crippen LogP contribution in [0.5, 0.6) is 11.5 Å². The van der Waals surface area contributed by atoms with Crippen LogP contribution >= 0.6 is 11.5 Å². The number of carbonyl (C=O) groups is 1. The maximum absolute atomic E-state index is 12.8. The summed E-state index contributed by atoms with van der Waals surface area (Å²) in [7, 11) is 0. The summed E-state index contributed by atoms with van der Waals surface area (Å²) in [5.74, 6) is 0.905. The first-order valence-electron chi connectivity index (χ1n) is 8.31. The van der Waals surface area contributed by atoms with E-state index in [0.717, 1.165) is 38.6 Å². The SMILES string of the molecule is Cc1nnsc1CNC(=O)[C@]1(C)CCc2c(C)c(O)c(C)c(C)c2O1. The molecule has 0 bridgehead atoms. The number of amides is 1. The van der Waals surface area contributed by atoms with Crippen LogP contribution in [-0.4, -0.2) is 26.2 Å². The third-order valence-corrected chi connectivity index (χ3v) is 5.98. The Morgan fingerprint density at radius 1 is 1.28 bits per heavy atom. The number of rotatable bonds is 3. The fourth-order valence-corrected chi connectivity index (χ4v) is 3.74. The molecule has 0 aliphatic carbocycles. The summed E-state index contributed by atoms with van der Waals surface area (Å²) >= 11 is 1.29. The minimum Gasteiger partial charge on any atom is -0.507 e. The van der Waals surface area contributed by atoms with Crippen LogP contribution in [0.15, 0.2) is 0 Å². The highest BCUT2D eigenvalue weighted by Gasteiger charge is 2.40. The van der Waals surface area contributed by atoms with Gasteiger partial charge in [-0.25, -0.2) is 0 Å². The number of nitrogens with one attached hydrogen (secondary N) is 1. The second-order valence-corrected chi connectivity index (χ2v) is 7.67. The molecule has 2 heterocycles. The first-order valence-corrected chi connectivity index (χ1v) is 9.08. The van der Waals surface area contributed by atoms with Crippen molar-refractivity contribution in [1.82, 2.24) is 14.9 Å². The highest BCUT2D eigenvalue weighted by Crippen LogP contribution is 2.43. The van der Waals surface area contributed by atoms with Gasteiger partial charge in [0.2, 0.25) is 0 Å². The number of nitrogens with zero attached hydrogens (tertiary/aromatic N) is 2. The zero-order valence-corrected chi connectivity index (χ0v) is 16.0. The molecule has 7 heteroatoms. The molecule has 0 radical (unpaired) electrons. The van der Waals surface area contributed by atoms with E-state index in [4.69, 9.17) is 4.74 Å². The highest BCUT2D eigenvalue weighted by molar-refractivity contribution is 7.05. The minimum atomic E-state index is -0.931.